The van der Waals surface area contributed by atoms with Crippen LogP contribution in [0.4, 0.5) is 11.5 Å². The Hall–Kier alpha value is -2.49. The van der Waals surface area contributed by atoms with Gasteiger partial charge in [0.1, 0.15) is 17.2 Å². The van der Waals surface area contributed by atoms with Gasteiger partial charge in [-0.2, -0.15) is 0 Å². The lowest BCUT2D eigenvalue weighted by atomic mass is 10.1. The number of para-hydroxylation sites is 1. The van der Waals surface area contributed by atoms with Crippen LogP contribution in [-0.4, -0.2) is 9.38 Å². The fraction of sp³-hybridized carbons (Fsp3) is 0. The van der Waals surface area contributed by atoms with Crippen LogP contribution in [0.1, 0.15) is 0 Å². The summed E-state index contributed by atoms with van der Waals surface area (Å²) in [5.41, 5.74) is 3.39. The van der Waals surface area contributed by atoms with Crippen molar-refractivity contribution >= 4 is 40.4 Å². The molecule has 0 aliphatic rings. The average molecular weight is 354 g/mol. The van der Waals surface area contributed by atoms with Crippen LogP contribution >= 0.6 is 23.2 Å². The summed E-state index contributed by atoms with van der Waals surface area (Å²) in [4.78, 5) is 4.73. The Morgan fingerprint density at radius 2 is 1.62 bits per heavy atom. The molecule has 0 radical (unpaired) electrons. The Morgan fingerprint density at radius 1 is 0.875 bits per heavy atom. The zero-order valence-corrected chi connectivity index (χ0v) is 14.1. The van der Waals surface area contributed by atoms with Gasteiger partial charge in [-0.25, -0.2) is 4.98 Å². The number of hydrogen-bond acceptors (Lipinski definition) is 2. The SMILES string of the molecule is Clc1ccn2c(Nc3ccccc3)c(-c3ccccc3Cl)nc2c1. The summed E-state index contributed by atoms with van der Waals surface area (Å²) in [6, 6.07) is 21.3. The third kappa shape index (κ3) is 2.73. The maximum atomic E-state index is 6.39. The summed E-state index contributed by atoms with van der Waals surface area (Å²) < 4.78 is 1.97. The summed E-state index contributed by atoms with van der Waals surface area (Å²) in [5.74, 6) is 0.848. The summed E-state index contributed by atoms with van der Waals surface area (Å²) in [7, 11) is 0. The minimum atomic E-state index is 0.643. The Morgan fingerprint density at radius 3 is 2.42 bits per heavy atom. The normalized spacial score (nSPS) is 10.9. The van der Waals surface area contributed by atoms with Crippen LogP contribution in [-0.2, 0) is 0 Å². The predicted molar refractivity (Wildman–Crippen MR) is 100 cm³/mol. The van der Waals surface area contributed by atoms with Crippen LogP contribution in [0.3, 0.4) is 0 Å². The smallest absolute Gasteiger partial charge is 0.143 e. The van der Waals surface area contributed by atoms with Crippen LogP contribution in [0.5, 0.6) is 0 Å². The first kappa shape index (κ1) is 15.1. The number of pyridine rings is 1. The second-order valence-electron chi connectivity index (χ2n) is 5.35. The Labute approximate surface area is 149 Å². The lowest BCUT2D eigenvalue weighted by molar-refractivity contribution is 1.18. The Bertz CT molecular complexity index is 1010. The van der Waals surface area contributed by atoms with E-state index in [1.807, 2.05) is 77.3 Å². The number of imidazole rings is 1. The van der Waals surface area contributed by atoms with Crippen LogP contribution in [0.15, 0.2) is 72.9 Å². The molecule has 4 rings (SSSR count). The van der Waals surface area contributed by atoms with E-state index in [1.54, 1.807) is 0 Å². The standard InChI is InChI=1S/C19H13Cl2N3/c20-13-10-11-24-17(12-13)23-18(15-8-4-5-9-16(15)21)19(24)22-14-6-2-1-3-7-14/h1-12,22H. The third-order valence-electron chi connectivity index (χ3n) is 3.75. The minimum absolute atomic E-state index is 0.643. The Kier molecular flexibility index (Phi) is 3.89. The lowest BCUT2D eigenvalue weighted by Crippen LogP contribution is -1.96. The van der Waals surface area contributed by atoms with E-state index in [1.165, 1.54) is 0 Å². The van der Waals surface area contributed by atoms with Crippen molar-refractivity contribution < 1.29 is 0 Å². The number of fused-ring (bicyclic) bond motifs is 1. The maximum Gasteiger partial charge on any atom is 0.143 e. The second-order valence-corrected chi connectivity index (χ2v) is 6.20. The number of nitrogens with zero attached hydrogens (tertiary/aromatic N) is 2. The van der Waals surface area contributed by atoms with Crippen molar-refractivity contribution in [2.75, 3.05) is 5.32 Å². The van der Waals surface area contributed by atoms with Crippen LogP contribution < -0.4 is 5.32 Å². The van der Waals surface area contributed by atoms with Gasteiger partial charge in [-0.05, 0) is 24.3 Å². The molecule has 24 heavy (non-hydrogen) atoms. The molecule has 0 aliphatic carbocycles. The van der Waals surface area contributed by atoms with Gasteiger partial charge in [0.25, 0.3) is 0 Å². The summed E-state index contributed by atoms with van der Waals surface area (Å²) in [6.07, 6.45) is 1.90. The van der Waals surface area contributed by atoms with Crippen molar-refractivity contribution in [3.05, 3.63) is 83.0 Å². The largest absolute Gasteiger partial charge is 0.339 e. The zero-order chi connectivity index (χ0) is 16.5. The van der Waals surface area contributed by atoms with E-state index in [2.05, 4.69) is 5.32 Å². The third-order valence-corrected chi connectivity index (χ3v) is 4.32. The first-order valence-electron chi connectivity index (χ1n) is 7.47. The molecule has 0 bridgehead atoms. The number of nitrogens with one attached hydrogen (secondary N) is 1. The molecule has 2 aromatic heterocycles. The molecule has 5 heteroatoms. The maximum absolute atomic E-state index is 6.39. The molecule has 0 saturated heterocycles. The molecular formula is C19H13Cl2N3. The molecule has 2 aromatic carbocycles. The molecule has 0 atom stereocenters. The number of aromatic nitrogens is 2. The predicted octanol–water partition coefficient (Wildman–Crippen LogP) is 6.05. The number of halogens is 2. The quantitative estimate of drug-likeness (QED) is 0.485. The van der Waals surface area contributed by atoms with Crippen molar-refractivity contribution in [3.63, 3.8) is 0 Å². The molecule has 0 aliphatic heterocycles. The van der Waals surface area contributed by atoms with Crippen LogP contribution in [0.2, 0.25) is 10.0 Å². The number of hydrogen-bond donors (Lipinski definition) is 1. The van der Waals surface area contributed by atoms with Gasteiger partial charge in [-0.15, -0.1) is 0 Å². The van der Waals surface area contributed by atoms with E-state index in [-0.39, 0.29) is 0 Å². The highest BCUT2D eigenvalue weighted by atomic mass is 35.5. The van der Waals surface area contributed by atoms with Gasteiger partial charge >= 0.3 is 0 Å². The van der Waals surface area contributed by atoms with Gasteiger partial charge in [0.2, 0.25) is 0 Å². The molecule has 2 heterocycles. The number of anilines is 2. The number of benzene rings is 2. The molecule has 3 nitrogen and oxygen atoms in total. The van der Waals surface area contributed by atoms with E-state index in [4.69, 9.17) is 28.2 Å². The minimum Gasteiger partial charge on any atom is -0.339 e. The van der Waals surface area contributed by atoms with E-state index in [0.29, 0.717) is 10.0 Å². The zero-order valence-electron chi connectivity index (χ0n) is 12.6. The van der Waals surface area contributed by atoms with E-state index in [0.717, 1.165) is 28.4 Å². The Balaban J connectivity index is 1.95. The number of rotatable bonds is 3. The summed E-state index contributed by atoms with van der Waals surface area (Å²) in [5, 5.41) is 4.74. The fourth-order valence-electron chi connectivity index (χ4n) is 2.64. The highest BCUT2D eigenvalue weighted by Crippen LogP contribution is 2.35. The first-order valence-corrected chi connectivity index (χ1v) is 8.22. The molecule has 118 valence electrons. The molecular weight excluding hydrogens is 341 g/mol. The summed E-state index contributed by atoms with van der Waals surface area (Å²) in [6.45, 7) is 0. The molecule has 0 fully saturated rings. The molecule has 4 aromatic rings. The van der Waals surface area contributed by atoms with Crippen molar-refractivity contribution in [1.29, 1.82) is 0 Å². The average Bonchev–Trinajstić information content (AvgIpc) is 2.93. The van der Waals surface area contributed by atoms with Crippen molar-refractivity contribution in [2.45, 2.75) is 0 Å². The van der Waals surface area contributed by atoms with Crippen molar-refractivity contribution in [1.82, 2.24) is 9.38 Å². The van der Waals surface area contributed by atoms with E-state index >= 15 is 0 Å². The van der Waals surface area contributed by atoms with Gasteiger partial charge in [0, 0.05) is 28.5 Å². The van der Waals surface area contributed by atoms with Gasteiger partial charge in [-0.1, -0.05) is 59.6 Å². The second kappa shape index (κ2) is 6.19. The molecule has 0 amide bonds. The van der Waals surface area contributed by atoms with E-state index in [9.17, 15) is 0 Å². The van der Waals surface area contributed by atoms with Gasteiger partial charge in [0.15, 0.2) is 0 Å². The highest BCUT2D eigenvalue weighted by molar-refractivity contribution is 6.33. The first-order chi connectivity index (χ1) is 11.7. The monoisotopic (exact) mass is 353 g/mol. The fourth-order valence-corrected chi connectivity index (χ4v) is 3.02. The lowest BCUT2D eigenvalue weighted by Gasteiger charge is -2.09. The van der Waals surface area contributed by atoms with Crippen molar-refractivity contribution in [3.8, 4) is 11.3 Å². The van der Waals surface area contributed by atoms with Crippen LogP contribution in [0.25, 0.3) is 16.9 Å². The molecule has 0 spiro atoms. The van der Waals surface area contributed by atoms with Crippen LogP contribution in [0, 0.1) is 0 Å². The van der Waals surface area contributed by atoms with Gasteiger partial charge in [0.05, 0.1) is 5.02 Å². The topological polar surface area (TPSA) is 29.3 Å². The van der Waals surface area contributed by atoms with E-state index < -0.39 is 0 Å². The highest BCUT2D eigenvalue weighted by Gasteiger charge is 2.16. The molecule has 0 unspecified atom stereocenters. The van der Waals surface area contributed by atoms with Gasteiger partial charge < -0.3 is 5.32 Å². The molecule has 0 saturated carbocycles. The summed E-state index contributed by atoms with van der Waals surface area (Å²) >= 11 is 12.5. The molecule has 1 N–H and O–H groups in total. The van der Waals surface area contributed by atoms with Crippen molar-refractivity contribution in [2.24, 2.45) is 0 Å². The van der Waals surface area contributed by atoms with Gasteiger partial charge in [-0.3, -0.25) is 4.40 Å².